The molecule has 1 rings (SSSR count). The summed E-state index contributed by atoms with van der Waals surface area (Å²) in [6.45, 7) is 3.98. The van der Waals surface area contributed by atoms with Crippen molar-refractivity contribution in [1.29, 1.82) is 0 Å². The van der Waals surface area contributed by atoms with Gasteiger partial charge in [-0.05, 0) is 12.2 Å². The van der Waals surface area contributed by atoms with Crippen molar-refractivity contribution in [2.75, 3.05) is 7.11 Å². The number of carbonyl (C=O) groups excluding carboxylic acids is 2. The molecule has 0 bridgehead atoms. The third-order valence-corrected chi connectivity index (χ3v) is 2.08. The second-order valence-corrected chi connectivity index (χ2v) is 3.98. The second-order valence-electron chi connectivity index (χ2n) is 3.98. The van der Waals surface area contributed by atoms with Crippen LogP contribution in [0.1, 0.15) is 13.8 Å². The van der Waals surface area contributed by atoms with E-state index in [9.17, 15) is 9.59 Å². The molecule has 3 nitrogen and oxygen atoms in total. The summed E-state index contributed by atoms with van der Waals surface area (Å²) in [5, 5.41) is 0. The minimum absolute atomic E-state index is 0.0884. The van der Waals surface area contributed by atoms with Crippen molar-refractivity contribution < 1.29 is 14.3 Å². The number of ether oxygens (including phenoxy) is 1. The summed E-state index contributed by atoms with van der Waals surface area (Å²) in [5.74, 6) is -0.550. The molecule has 0 saturated carbocycles. The normalized spacial score (nSPS) is 19.1. The monoisotopic (exact) mass is 206 g/mol. The number of methoxy groups -OCH3 is 1. The highest BCUT2D eigenvalue weighted by molar-refractivity contribution is 6.07. The third kappa shape index (κ3) is 3.20. The van der Waals surface area contributed by atoms with Gasteiger partial charge in [-0.25, -0.2) is 4.79 Å². The van der Waals surface area contributed by atoms with Crippen LogP contribution in [-0.2, 0) is 14.3 Å². The predicted octanol–water partition coefficient (Wildman–Crippen LogP) is 1.81. The summed E-state index contributed by atoms with van der Waals surface area (Å²) in [5.41, 5.74) is 0.372. The molecule has 0 N–H and O–H groups in total. The molecular formula is C12H14O3. The summed E-state index contributed by atoms with van der Waals surface area (Å²) in [4.78, 5) is 22.3. The van der Waals surface area contributed by atoms with Crippen LogP contribution in [0.15, 0.2) is 36.0 Å². The summed E-state index contributed by atoms with van der Waals surface area (Å²) in [6.07, 6.45) is 7.93. The number of ketones is 1. The number of allylic oxidation sites excluding steroid dienone is 5. The lowest BCUT2D eigenvalue weighted by Gasteiger charge is -2.19. The van der Waals surface area contributed by atoms with Crippen LogP contribution >= 0.6 is 0 Å². The van der Waals surface area contributed by atoms with Crippen LogP contribution in [0.3, 0.4) is 0 Å². The Morgan fingerprint density at radius 3 is 2.73 bits per heavy atom. The van der Waals surface area contributed by atoms with E-state index in [1.165, 1.54) is 25.3 Å². The number of hydrogen-bond acceptors (Lipinski definition) is 3. The fourth-order valence-electron chi connectivity index (χ4n) is 1.26. The molecule has 0 aromatic heterocycles. The van der Waals surface area contributed by atoms with Crippen LogP contribution < -0.4 is 0 Å². The molecule has 0 unspecified atom stereocenters. The maximum absolute atomic E-state index is 11.4. The smallest absolute Gasteiger partial charge is 0.330 e. The molecule has 0 radical (unpaired) electrons. The van der Waals surface area contributed by atoms with E-state index in [0.717, 1.165) is 0 Å². The fraction of sp³-hybridized carbons (Fsp3) is 0.333. The second kappa shape index (κ2) is 4.26. The first kappa shape index (κ1) is 11.4. The van der Waals surface area contributed by atoms with Crippen molar-refractivity contribution in [2.24, 2.45) is 5.41 Å². The minimum Gasteiger partial charge on any atom is -0.466 e. The summed E-state index contributed by atoms with van der Waals surface area (Å²) < 4.78 is 4.45. The quantitative estimate of drug-likeness (QED) is 0.511. The van der Waals surface area contributed by atoms with E-state index in [4.69, 9.17) is 0 Å². The Morgan fingerprint density at radius 2 is 2.13 bits per heavy atom. The maximum atomic E-state index is 11.4. The topological polar surface area (TPSA) is 43.4 Å². The average Bonchev–Trinajstić information content (AvgIpc) is 2.19. The van der Waals surface area contributed by atoms with Gasteiger partial charge in [0, 0.05) is 17.1 Å². The van der Waals surface area contributed by atoms with Crippen molar-refractivity contribution in [2.45, 2.75) is 13.8 Å². The lowest BCUT2D eigenvalue weighted by Crippen LogP contribution is -2.13. The molecule has 0 aliphatic heterocycles. The van der Waals surface area contributed by atoms with Crippen LogP contribution in [-0.4, -0.2) is 18.9 Å². The van der Waals surface area contributed by atoms with E-state index >= 15 is 0 Å². The molecule has 0 fully saturated rings. The van der Waals surface area contributed by atoms with Gasteiger partial charge in [-0.15, -0.1) is 0 Å². The first-order valence-electron chi connectivity index (χ1n) is 4.67. The summed E-state index contributed by atoms with van der Waals surface area (Å²) in [6, 6.07) is 0. The van der Waals surface area contributed by atoms with E-state index in [-0.39, 0.29) is 11.2 Å². The van der Waals surface area contributed by atoms with Crippen molar-refractivity contribution in [3.05, 3.63) is 36.0 Å². The molecule has 80 valence electrons. The van der Waals surface area contributed by atoms with Gasteiger partial charge in [-0.1, -0.05) is 26.0 Å². The zero-order chi connectivity index (χ0) is 11.5. The fourth-order valence-corrected chi connectivity index (χ4v) is 1.26. The molecule has 3 heteroatoms. The number of hydrogen-bond donors (Lipinski definition) is 0. The molecule has 0 heterocycles. The van der Waals surface area contributed by atoms with E-state index in [1.807, 2.05) is 26.0 Å². The van der Waals surface area contributed by atoms with Gasteiger partial charge in [0.15, 0.2) is 5.78 Å². The Hall–Kier alpha value is -1.64. The van der Waals surface area contributed by atoms with Gasteiger partial charge in [0.2, 0.25) is 0 Å². The van der Waals surface area contributed by atoms with Crippen LogP contribution in [0.4, 0.5) is 0 Å². The largest absolute Gasteiger partial charge is 0.466 e. The number of carbonyl (C=O) groups is 2. The van der Waals surface area contributed by atoms with Gasteiger partial charge in [0.25, 0.3) is 0 Å². The van der Waals surface area contributed by atoms with Gasteiger partial charge in [-0.2, -0.15) is 0 Å². The minimum atomic E-state index is -0.462. The highest BCUT2D eigenvalue weighted by Gasteiger charge is 2.18. The molecule has 0 spiro atoms. The SMILES string of the molecule is COC(=O)/C=C/C1=CC(C)(C)C=CC1=O. The molecule has 0 amide bonds. The third-order valence-electron chi connectivity index (χ3n) is 2.08. The van der Waals surface area contributed by atoms with E-state index in [2.05, 4.69) is 4.74 Å². The van der Waals surface area contributed by atoms with Crippen LogP contribution in [0.2, 0.25) is 0 Å². The highest BCUT2D eigenvalue weighted by Crippen LogP contribution is 2.26. The summed E-state index contributed by atoms with van der Waals surface area (Å²) in [7, 11) is 1.30. The average molecular weight is 206 g/mol. The van der Waals surface area contributed by atoms with E-state index in [1.54, 1.807) is 0 Å². The first-order chi connectivity index (χ1) is 6.94. The molecule has 1 aliphatic rings. The highest BCUT2D eigenvalue weighted by atomic mass is 16.5. The van der Waals surface area contributed by atoms with Gasteiger partial charge in [-0.3, -0.25) is 4.79 Å². The Balaban J connectivity index is 2.86. The van der Waals surface area contributed by atoms with Gasteiger partial charge in [0.1, 0.15) is 0 Å². The van der Waals surface area contributed by atoms with Crippen LogP contribution in [0.5, 0.6) is 0 Å². The molecule has 1 aliphatic carbocycles. The van der Waals surface area contributed by atoms with Crippen molar-refractivity contribution in [3.8, 4) is 0 Å². The van der Waals surface area contributed by atoms with Crippen molar-refractivity contribution in [3.63, 3.8) is 0 Å². The molecular weight excluding hydrogens is 192 g/mol. The lowest BCUT2D eigenvalue weighted by atomic mass is 9.85. The summed E-state index contributed by atoms with van der Waals surface area (Å²) >= 11 is 0. The van der Waals surface area contributed by atoms with E-state index in [0.29, 0.717) is 5.57 Å². The molecule has 0 aromatic rings. The van der Waals surface area contributed by atoms with E-state index < -0.39 is 5.97 Å². The van der Waals surface area contributed by atoms with Gasteiger partial charge >= 0.3 is 5.97 Å². The molecule has 0 atom stereocenters. The molecule has 0 aromatic carbocycles. The van der Waals surface area contributed by atoms with Gasteiger partial charge in [0.05, 0.1) is 7.11 Å². The lowest BCUT2D eigenvalue weighted by molar-refractivity contribution is -0.134. The standard InChI is InChI=1S/C12H14O3/c1-12(2)7-6-10(13)9(8-12)4-5-11(14)15-3/h4-8H,1-3H3/b5-4+. The Labute approximate surface area is 89.1 Å². The predicted molar refractivity (Wildman–Crippen MR) is 57.2 cm³/mol. The Kier molecular flexibility index (Phi) is 3.24. The molecule has 15 heavy (non-hydrogen) atoms. The van der Waals surface area contributed by atoms with Gasteiger partial charge < -0.3 is 4.74 Å². The van der Waals surface area contributed by atoms with Crippen LogP contribution in [0, 0.1) is 5.41 Å². The van der Waals surface area contributed by atoms with Crippen molar-refractivity contribution >= 4 is 11.8 Å². The number of esters is 1. The van der Waals surface area contributed by atoms with Crippen molar-refractivity contribution in [1.82, 2.24) is 0 Å². The Morgan fingerprint density at radius 1 is 1.47 bits per heavy atom. The van der Waals surface area contributed by atoms with Crippen LogP contribution in [0.25, 0.3) is 0 Å². The zero-order valence-corrected chi connectivity index (χ0v) is 9.11. The first-order valence-corrected chi connectivity index (χ1v) is 4.67. The molecule has 0 saturated heterocycles. The maximum Gasteiger partial charge on any atom is 0.330 e. The Bertz CT molecular complexity index is 370. The number of rotatable bonds is 2. The zero-order valence-electron chi connectivity index (χ0n) is 9.11.